The lowest BCUT2D eigenvalue weighted by Crippen LogP contribution is -2.27. The first-order chi connectivity index (χ1) is 18.0. The summed E-state index contributed by atoms with van der Waals surface area (Å²) in [7, 11) is 1.57. The molecule has 37 heavy (non-hydrogen) atoms. The number of hydrogen-bond acceptors (Lipinski definition) is 8. The van der Waals surface area contributed by atoms with Gasteiger partial charge in [-0.1, -0.05) is 48.2 Å². The molecule has 3 aromatic carbocycles. The first kappa shape index (κ1) is 24.7. The van der Waals surface area contributed by atoms with Crippen molar-refractivity contribution >= 4 is 51.9 Å². The van der Waals surface area contributed by atoms with Gasteiger partial charge in [0.2, 0.25) is 6.79 Å². The van der Waals surface area contributed by atoms with Crippen LogP contribution in [0.2, 0.25) is 0 Å². The Labute approximate surface area is 223 Å². The second-order valence-electron chi connectivity index (χ2n) is 8.09. The maximum Gasteiger partial charge on any atom is 0.266 e. The van der Waals surface area contributed by atoms with Gasteiger partial charge in [-0.3, -0.25) is 14.5 Å². The van der Waals surface area contributed by atoms with Crippen molar-refractivity contribution in [1.29, 1.82) is 0 Å². The molecular weight excluding hydrogens is 512 g/mol. The van der Waals surface area contributed by atoms with Crippen molar-refractivity contribution in [1.82, 2.24) is 4.90 Å². The molecule has 0 aromatic heterocycles. The van der Waals surface area contributed by atoms with Crippen LogP contribution >= 0.6 is 24.0 Å². The van der Waals surface area contributed by atoms with E-state index in [4.69, 9.17) is 31.2 Å². The molecule has 1 N–H and O–H groups in total. The highest BCUT2D eigenvalue weighted by Crippen LogP contribution is 2.36. The average molecular weight is 535 g/mol. The van der Waals surface area contributed by atoms with Crippen LogP contribution in [-0.2, 0) is 16.1 Å². The molecule has 2 heterocycles. The minimum atomic E-state index is -0.288. The first-order valence-corrected chi connectivity index (χ1v) is 12.5. The SMILES string of the molecule is COc1cccc(NC(=O)COc2ccc(/C=C3\SC(=S)N(Cc4ccc5c(c4)OCO5)C3=O)cc2)c1. The van der Waals surface area contributed by atoms with Gasteiger partial charge >= 0.3 is 0 Å². The van der Waals surface area contributed by atoms with Gasteiger partial charge in [-0.15, -0.1) is 0 Å². The van der Waals surface area contributed by atoms with E-state index < -0.39 is 0 Å². The molecule has 8 nitrogen and oxygen atoms in total. The highest BCUT2D eigenvalue weighted by Gasteiger charge is 2.32. The van der Waals surface area contributed by atoms with E-state index in [1.807, 2.05) is 30.3 Å². The van der Waals surface area contributed by atoms with Crippen LogP contribution in [0.4, 0.5) is 5.69 Å². The van der Waals surface area contributed by atoms with Gasteiger partial charge in [0, 0.05) is 11.8 Å². The Bertz CT molecular complexity index is 1390. The van der Waals surface area contributed by atoms with Crippen LogP contribution in [-0.4, -0.2) is 41.5 Å². The molecule has 1 fully saturated rings. The number of benzene rings is 3. The van der Waals surface area contributed by atoms with E-state index in [1.54, 1.807) is 54.5 Å². The second kappa shape index (κ2) is 10.9. The van der Waals surface area contributed by atoms with Crippen molar-refractivity contribution in [3.05, 3.63) is 82.8 Å². The molecule has 0 spiro atoms. The number of carbonyl (C=O) groups is 2. The number of ether oxygens (including phenoxy) is 4. The molecule has 0 saturated carbocycles. The van der Waals surface area contributed by atoms with E-state index in [9.17, 15) is 9.59 Å². The van der Waals surface area contributed by atoms with E-state index in [0.717, 1.165) is 11.1 Å². The van der Waals surface area contributed by atoms with E-state index in [0.29, 0.717) is 44.5 Å². The maximum atomic E-state index is 13.0. The van der Waals surface area contributed by atoms with Crippen LogP contribution in [0.5, 0.6) is 23.0 Å². The summed E-state index contributed by atoms with van der Waals surface area (Å²) in [6.07, 6.45) is 1.79. The number of rotatable bonds is 8. The van der Waals surface area contributed by atoms with Crippen molar-refractivity contribution < 1.29 is 28.5 Å². The maximum absolute atomic E-state index is 13.0. The number of thioether (sulfide) groups is 1. The van der Waals surface area contributed by atoms with E-state index >= 15 is 0 Å². The van der Waals surface area contributed by atoms with E-state index in [1.165, 1.54) is 11.8 Å². The Kier molecular flexibility index (Phi) is 7.29. The van der Waals surface area contributed by atoms with Gasteiger partial charge in [0.15, 0.2) is 18.1 Å². The molecule has 2 aliphatic rings. The smallest absolute Gasteiger partial charge is 0.266 e. The average Bonchev–Trinajstić information content (AvgIpc) is 3.48. The Hall–Kier alpha value is -4.02. The van der Waals surface area contributed by atoms with Crippen molar-refractivity contribution in [2.45, 2.75) is 6.54 Å². The molecule has 0 bridgehead atoms. The number of nitrogens with one attached hydrogen (secondary N) is 1. The number of hydrogen-bond donors (Lipinski definition) is 1. The topological polar surface area (TPSA) is 86.3 Å². The molecule has 188 valence electrons. The largest absolute Gasteiger partial charge is 0.497 e. The van der Waals surface area contributed by atoms with Gasteiger partial charge < -0.3 is 24.3 Å². The fraction of sp³-hybridized carbons (Fsp3) is 0.148. The summed E-state index contributed by atoms with van der Waals surface area (Å²) in [5.74, 6) is 2.11. The van der Waals surface area contributed by atoms with E-state index in [-0.39, 0.29) is 25.2 Å². The Morgan fingerprint density at radius 1 is 1.08 bits per heavy atom. The number of carbonyl (C=O) groups excluding carboxylic acids is 2. The third-order valence-corrected chi connectivity index (χ3v) is 6.93. The van der Waals surface area contributed by atoms with Gasteiger partial charge in [0.25, 0.3) is 11.8 Å². The number of amides is 2. The first-order valence-electron chi connectivity index (χ1n) is 11.3. The zero-order valence-electron chi connectivity index (χ0n) is 19.8. The van der Waals surface area contributed by atoms with Crippen LogP contribution in [0.15, 0.2) is 71.6 Å². The number of thiocarbonyl (C=S) groups is 1. The second-order valence-corrected chi connectivity index (χ2v) is 9.77. The molecule has 3 aromatic rings. The molecule has 10 heteroatoms. The number of methoxy groups -OCH3 is 1. The fourth-order valence-electron chi connectivity index (χ4n) is 3.72. The lowest BCUT2D eigenvalue weighted by molar-refractivity contribution is -0.122. The predicted octanol–water partition coefficient (Wildman–Crippen LogP) is 4.84. The standard InChI is InChI=1S/C27H22N2O6S2/c1-32-21-4-2-3-19(13-21)28-25(30)15-33-20-8-5-17(6-9-20)12-24-26(31)29(27(36)37-24)14-18-7-10-22-23(11-18)35-16-34-22/h2-13H,14-16H2,1H3,(H,28,30)/b24-12-. The lowest BCUT2D eigenvalue weighted by Gasteiger charge is -2.14. The highest BCUT2D eigenvalue weighted by molar-refractivity contribution is 8.26. The van der Waals surface area contributed by atoms with Crippen LogP contribution in [0.1, 0.15) is 11.1 Å². The quantitative estimate of drug-likeness (QED) is 0.325. The van der Waals surface area contributed by atoms with Crippen LogP contribution in [0.25, 0.3) is 6.08 Å². The normalized spacial score (nSPS) is 15.3. The van der Waals surface area contributed by atoms with Gasteiger partial charge in [0.1, 0.15) is 15.8 Å². The summed E-state index contributed by atoms with van der Waals surface area (Å²) in [5.41, 5.74) is 2.34. The number of anilines is 1. The summed E-state index contributed by atoms with van der Waals surface area (Å²) < 4.78 is 22.0. The van der Waals surface area contributed by atoms with Gasteiger partial charge in [-0.2, -0.15) is 0 Å². The molecule has 2 amide bonds. The summed E-state index contributed by atoms with van der Waals surface area (Å²) in [6, 6.07) is 19.8. The lowest BCUT2D eigenvalue weighted by atomic mass is 10.2. The Morgan fingerprint density at radius 3 is 2.70 bits per heavy atom. The van der Waals surface area contributed by atoms with Gasteiger partial charge in [-0.05, 0) is 53.6 Å². The minimum absolute atomic E-state index is 0.144. The molecule has 0 aliphatic carbocycles. The van der Waals surface area contributed by atoms with Crippen LogP contribution in [0.3, 0.4) is 0 Å². The molecule has 0 radical (unpaired) electrons. The molecule has 1 saturated heterocycles. The minimum Gasteiger partial charge on any atom is -0.497 e. The molecule has 0 atom stereocenters. The van der Waals surface area contributed by atoms with Gasteiger partial charge in [-0.25, -0.2) is 0 Å². The van der Waals surface area contributed by atoms with Crippen LogP contribution in [0, 0.1) is 0 Å². The summed E-state index contributed by atoms with van der Waals surface area (Å²) in [6.45, 7) is 0.404. The summed E-state index contributed by atoms with van der Waals surface area (Å²) in [5, 5.41) is 2.77. The molecule has 0 unspecified atom stereocenters. The summed E-state index contributed by atoms with van der Waals surface area (Å²) in [4.78, 5) is 27.3. The zero-order valence-corrected chi connectivity index (χ0v) is 21.4. The van der Waals surface area contributed by atoms with Crippen LogP contribution < -0.4 is 24.3 Å². The van der Waals surface area contributed by atoms with Crippen molar-refractivity contribution in [2.75, 3.05) is 25.8 Å². The van der Waals surface area contributed by atoms with Crippen molar-refractivity contribution in [2.24, 2.45) is 0 Å². The van der Waals surface area contributed by atoms with E-state index in [2.05, 4.69) is 5.32 Å². The fourth-order valence-corrected chi connectivity index (χ4v) is 4.97. The molecule has 5 rings (SSSR count). The molecular formula is C27H22N2O6S2. The monoisotopic (exact) mass is 534 g/mol. The van der Waals surface area contributed by atoms with Gasteiger partial charge in [0.05, 0.1) is 18.6 Å². The third-order valence-electron chi connectivity index (χ3n) is 5.55. The van der Waals surface area contributed by atoms with Crippen molar-refractivity contribution in [3.63, 3.8) is 0 Å². The third kappa shape index (κ3) is 5.87. The van der Waals surface area contributed by atoms with Crippen molar-refractivity contribution in [3.8, 4) is 23.0 Å². The number of fused-ring (bicyclic) bond motifs is 1. The Morgan fingerprint density at radius 2 is 1.89 bits per heavy atom. The Balaban J connectivity index is 1.17. The number of nitrogens with zero attached hydrogens (tertiary/aromatic N) is 1. The molecule has 2 aliphatic heterocycles. The zero-order chi connectivity index (χ0) is 25.8. The highest BCUT2D eigenvalue weighted by atomic mass is 32.2. The summed E-state index contributed by atoms with van der Waals surface area (Å²) >= 11 is 6.72. The predicted molar refractivity (Wildman–Crippen MR) is 145 cm³/mol.